The molecule has 0 fully saturated rings. The Bertz CT molecular complexity index is 955. The highest BCUT2D eigenvalue weighted by Gasteiger charge is 2.18. The van der Waals surface area contributed by atoms with Gasteiger partial charge in [0.05, 0.1) is 10.5 Å². The number of halogens is 2. The van der Waals surface area contributed by atoms with E-state index in [1.165, 1.54) is 5.56 Å². The van der Waals surface area contributed by atoms with Crippen LogP contribution in [0.5, 0.6) is 11.5 Å². The number of benzene rings is 2. The number of aromatic amines is 1. The predicted molar refractivity (Wildman–Crippen MR) is 109 cm³/mol. The highest BCUT2D eigenvalue weighted by molar-refractivity contribution is 9.10. The van der Waals surface area contributed by atoms with E-state index in [0.29, 0.717) is 24.8 Å². The second-order valence-electron chi connectivity index (χ2n) is 6.39. The molecule has 26 heavy (non-hydrogen) atoms. The van der Waals surface area contributed by atoms with Gasteiger partial charge in [0, 0.05) is 21.1 Å². The Kier molecular flexibility index (Phi) is 5.11. The van der Waals surface area contributed by atoms with Crippen molar-refractivity contribution >= 4 is 38.4 Å². The van der Waals surface area contributed by atoms with Crippen LogP contribution in [0.15, 0.2) is 34.8 Å². The van der Waals surface area contributed by atoms with Crippen LogP contribution in [-0.4, -0.2) is 24.7 Å². The van der Waals surface area contributed by atoms with Crippen molar-refractivity contribution in [2.24, 2.45) is 5.73 Å². The molecule has 2 heterocycles. The second kappa shape index (κ2) is 7.51. The van der Waals surface area contributed by atoms with E-state index in [4.69, 9.17) is 26.8 Å². The van der Waals surface area contributed by atoms with E-state index in [9.17, 15) is 0 Å². The van der Waals surface area contributed by atoms with Crippen LogP contribution >= 0.6 is 27.5 Å². The Morgan fingerprint density at radius 3 is 2.69 bits per heavy atom. The summed E-state index contributed by atoms with van der Waals surface area (Å²) in [6.45, 7) is 1.87. The highest BCUT2D eigenvalue weighted by atomic mass is 79.9. The van der Waals surface area contributed by atoms with E-state index >= 15 is 0 Å². The number of hydrogen-bond acceptors (Lipinski definition) is 3. The number of nitrogens with two attached hydrogens (primary N) is 1. The average molecular weight is 436 g/mol. The standard InChI is InChI=1S/C20H20BrClN2O2/c21-13-10-15-14(3-1-2-6-23)19(24-20(15)16(22)11-13)12-4-5-17-18(9-12)26-8-7-25-17/h4-5,9-11,24H,1-3,6-8,23H2. The molecule has 0 saturated heterocycles. The molecule has 0 atom stereocenters. The quantitative estimate of drug-likeness (QED) is 0.534. The number of unbranched alkanes of at least 4 members (excludes halogenated alkanes) is 1. The molecule has 0 amide bonds. The number of nitrogens with one attached hydrogen (secondary N) is 1. The summed E-state index contributed by atoms with van der Waals surface area (Å²) in [6.07, 6.45) is 2.97. The van der Waals surface area contributed by atoms with E-state index in [-0.39, 0.29) is 0 Å². The van der Waals surface area contributed by atoms with Crippen molar-refractivity contribution < 1.29 is 9.47 Å². The third-order valence-corrected chi connectivity index (χ3v) is 5.40. The molecule has 3 N–H and O–H groups in total. The fourth-order valence-corrected chi connectivity index (χ4v) is 4.28. The summed E-state index contributed by atoms with van der Waals surface area (Å²) >= 11 is 10.0. The summed E-state index contributed by atoms with van der Waals surface area (Å²) in [5.74, 6) is 1.58. The maximum Gasteiger partial charge on any atom is 0.162 e. The zero-order valence-electron chi connectivity index (χ0n) is 14.3. The molecule has 0 unspecified atom stereocenters. The zero-order chi connectivity index (χ0) is 18.1. The fraction of sp³-hybridized carbons (Fsp3) is 0.300. The van der Waals surface area contributed by atoms with Gasteiger partial charge in [-0.25, -0.2) is 0 Å². The molecule has 0 aliphatic carbocycles. The SMILES string of the molecule is NCCCCc1c(-c2ccc3c(c2)OCCO3)[nH]c2c(Cl)cc(Br)cc12. The Labute approximate surface area is 165 Å². The second-order valence-corrected chi connectivity index (χ2v) is 7.72. The van der Waals surface area contributed by atoms with Crippen molar-refractivity contribution in [3.8, 4) is 22.8 Å². The van der Waals surface area contributed by atoms with Gasteiger partial charge in [0.1, 0.15) is 13.2 Å². The molecule has 2 aromatic carbocycles. The third kappa shape index (κ3) is 3.31. The molecular formula is C20H20BrClN2O2. The lowest BCUT2D eigenvalue weighted by molar-refractivity contribution is 0.171. The number of fused-ring (bicyclic) bond motifs is 2. The fourth-order valence-electron chi connectivity index (χ4n) is 3.42. The van der Waals surface area contributed by atoms with Gasteiger partial charge in [-0.1, -0.05) is 27.5 Å². The first-order valence-electron chi connectivity index (χ1n) is 8.77. The normalized spacial score (nSPS) is 13.3. The molecule has 136 valence electrons. The van der Waals surface area contributed by atoms with Crippen LogP contribution < -0.4 is 15.2 Å². The Morgan fingerprint density at radius 2 is 1.88 bits per heavy atom. The van der Waals surface area contributed by atoms with Crippen molar-refractivity contribution in [3.63, 3.8) is 0 Å². The van der Waals surface area contributed by atoms with Gasteiger partial charge in [0.2, 0.25) is 0 Å². The molecular weight excluding hydrogens is 416 g/mol. The molecule has 0 radical (unpaired) electrons. The number of aromatic nitrogens is 1. The summed E-state index contributed by atoms with van der Waals surface area (Å²) in [5.41, 5.74) is 10.1. The number of rotatable bonds is 5. The van der Waals surface area contributed by atoms with Crippen LogP contribution in [0.1, 0.15) is 18.4 Å². The Balaban J connectivity index is 1.85. The minimum Gasteiger partial charge on any atom is -0.486 e. The number of H-pyrrole nitrogens is 1. The molecule has 4 nitrogen and oxygen atoms in total. The summed E-state index contributed by atoms with van der Waals surface area (Å²) in [4.78, 5) is 3.53. The van der Waals surface area contributed by atoms with Crippen LogP contribution in [-0.2, 0) is 6.42 Å². The van der Waals surface area contributed by atoms with Crippen LogP contribution in [0.3, 0.4) is 0 Å². The monoisotopic (exact) mass is 434 g/mol. The van der Waals surface area contributed by atoms with Gasteiger partial charge < -0.3 is 20.2 Å². The van der Waals surface area contributed by atoms with Crippen molar-refractivity contribution in [2.45, 2.75) is 19.3 Å². The summed E-state index contributed by atoms with van der Waals surface area (Å²) in [6, 6.07) is 10.1. The number of aryl methyl sites for hydroxylation is 1. The van der Waals surface area contributed by atoms with Gasteiger partial charge in [0.25, 0.3) is 0 Å². The van der Waals surface area contributed by atoms with Gasteiger partial charge in [0.15, 0.2) is 11.5 Å². The molecule has 1 aliphatic rings. The lowest BCUT2D eigenvalue weighted by Gasteiger charge is -2.19. The minimum absolute atomic E-state index is 0.575. The number of hydrogen-bond donors (Lipinski definition) is 2. The van der Waals surface area contributed by atoms with Gasteiger partial charge >= 0.3 is 0 Å². The van der Waals surface area contributed by atoms with Crippen molar-refractivity contribution in [1.29, 1.82) is 0 Å². The van der Waals surface area contributed by atoms with E-state index in [1.54, 1.807) is 0 Å². The first-order valence-corrected chi connectivity index (χ1v) is 9.94. The van der Waals surface area contributed by atoms with Crippen LogP contribution in [0.4, 0.5) is 0 Å². The van der Waals surface area contributed by atoms with Gasteiger partial charge in [-0.15, -0.1) is 0 Å². The maximum atomic E-state index is 6.49. The topological polar surface area (TPSA) is 60.3 Å². The highest BCUT2D eigenvalue weighted by Crippen LogP contribution is 2.40. The number of ether oxygens (including phenoxy) is 2. The van der Waals surface area contributed by atoms with Crippen LogP contribution in [0, 0.1) is 0 Å². The van der Waals surface area contributed by atoms with Crippen LogP contribution in [0.25, 0.3) is 22.2 Å². The smallest absolute Gasteiger partial charge is 0.162 e. The lowest BCUT2D eigenvalue weighted by Crippen LogP contribution is -2.15. The Hall–Kier alpha value is -1.69. The molecule has 0 spiro atoms. The van der Waals surface area contributed by atoms with Gasteiger partial charge in [-0.2, -0.15) is 0 Å². The summed E-state index contributed by atoms with van der Waals surface area (Å²) in [7, 11) is 0. The van der Waals surface area contributed by atoms with Gasteiger partial charge in [-0.3, -0.25) is 0 Å². The van der Waals surface area contributed by atoms with Crippen molar-refractivity contribution in [1.82, 2.24) is 4.98 Å². The molecule has 1 aromatic heterocycles. The van der Waals surface area contributed by atoms with E-state index in [1.807, 2.05) is 18.2 Å². The summed E-state index contributed by atoms with van der Waals surface area (Å²) in [5, 5.41) is 1.85. The molecule has 4 rings (SSSR count). The van der Waals surface area contributed by atoms with Gasteiger partial charge in [-0.05, 0) is 61.7 Å². The molecule has 1 aliphatic heterocycles. The minimum atomic E-state index is 0.575. The zero-order valence-corrected chi connectivity index (χ0v) is 16.6. The molecule has 3 aromatic rings. The molecule has 0 saturated carbocycles. The molecule has 6 heteroatoms. The van der Waals surface area contributed by atoms with Crippen molar-refractivity contribution in [2.75, 3.05) is 19.8 Å². The molecule has 0 bridgehead atoms. The first kappa shape index (κ1) is 17.7. The van der Waals surface area contributed by atoms with Crippen LogP contribution in [0.2, 0.25) is 5.02 Å². The van der Waals surface area contributed by atoms with E-state index < -0.39 is 0 Å². The maximum absolute atomic E-state index is 6.49. The predicted octanol–water partition coefficient (Wildman–Crippen LogP) is 5.30. The summed E-state index contributed by atoms with van der Waals surface area (Å²) < 4.78 is 12.4. The largest absolute Gasteiger partial charge is 0.486 e. The van der Waals surface area contributed by atoms with E-state index in [2.05, 4.69) is 33.0 Å². The van der Waals surface area contributed by atoms with E-state index in [0.717, 1.165) is 57.4 Å². The lowest BCUT2D eigenvalue weighted by atomic mass is 10.00. The van der Waals surface area contributed by atoms with Crippen molar-refractivity contribution in [3.05, 3.63) is 45.4 Å². The first-order chi connectivity index (χ1) is 12.7. The third-order valence-electron chi connectivity index (χ3n) is 4.64. The Morgan fingerprint density at radius 1 is 1.08 bits per heavy atom. The average Bonchev–Trinajstić information content (AvgIpc) is 3.00.